The van der Waals surface area contributed by atoms with Gasteiger partial charge in [0, 0.05) is 19.6 Å². The van der Waals surface area contributed by atoms with Crippen molar-refractivity contribution in [3.05, 3.63) is 0 Å². The SMILES string of the molecule is CN1CCNCC1OCOC(=O)C(C)(C)C. The Morgan fingerprint density at radius 3 is 2.75 bits per heavy atom. The first-order valence-corrected chi connectivity index (χ1v) is 5.61. The molecule has 1 N–H and O–H groups in total. The summed E-state index contributed by atoms with van der Waals surface area (Å²) in [6.07, 6.45) is -0.0125. The molecule has 1 aliphatic heterocycles. The maximum Gasteiger partial charge on any atom is 0.313 e. The van der Waals surface area contributed by atoms with Crippen molar-refractivity contribution < 1.29 is 14.3 Å². The number of piperazine rings is 1. The van der Waals surface area contributed by atoms with Crippen LogP contribution in [0.3, 0.4) is 0 Å². The second-order valence-electron chi connectivity index (χ2n) is 5.11. The molecule has 1 rings (SSSR count). The molecule has 0 amide bonds. The molecule has 5 heteroatoms. The van der Waals surface area contributed by atoms with Crippen molar-refractivity contribution in [3.8, 4) is 0 Å². The molecule has 1 atom stereocenters. The summed E-state index contributed by atoms with van der Waals surface area (Å²) in [6, 6.07) is 0. The molecule has 0 aliphatic carbocycles. The molecule has 0 aromatic heterocycles. The highest BCUT2D eigenvalue weighted by atomic mass is 16.7. The lowest BCUT2D eigenvalue weighted by Gasteiger charge is -2.32. The van der Waals surface area contributed by atoms with Crippen LogP contribution in [-0.2, 0) is 14.3 Å². The second kappa shape index (κ2) is 5.61. The fraction of sp³-hybridized carbons (Fsp3) is 0.909. The van der Waals surface area contributed by atoms with Crippen LogP contribution in [0, 0.1) is 5.41 Å². The number of likely N-dealkylation sites (N-methyl/N-ethyl adjacent to an activating group) is 1. The summed E-state index contributed by atoms with van der Waals surface area (Å²) >= 11 is 0. The van der Waals surface area contributed by atoms with Crippen molar-refractivity contribution in [3.63, 3.8) is 0 Å². The van der Waals surface area contributed by atoms with E-state index in [1.165, 1.54) is 0 Å². The van der Waals surface area contributed by atoms with Crippen LogP contribution in [0.15, 0.2) is 0 Å². The Hall–Kier alpha value is -0.650. The summed E-state index contributed by atoms with van der Waals surface area (Å²) in [5.41, 5.74) is -0.472. The predicted molar refractivity (Wildman–Crippen MR) is 60.8 cm³/mol. The van der Waals surface area contributed by atoms with Crippen LogP contribution in [0.4, 0.5) is 0 Å². The van der Waals surface area contributed by atoms with Gasteiger partial charge in [0.25, 0.3) is 0 Å². The van der Waals surface area contributed by atoms with Gasteiger partial charge >= 0.3 is 5.97 Å². The standard InChI is InChI=1S/C11H22N2O3/c1-11(2,3)10(14)16-8-15-9-7-12-5-6-13(9)4/h9,12H,5-8H2,1-4H3. The van der Waals surface area contributed by atoms with Crippen molar-refractivity contribution in [1.82, 2.24) is 10.2 Å². The molecule has 0 bridgehead atoms. The lowest BCUT2D eigenvalue weighted by atomic mass is 9.98. The zero-order chi connectivity index (χ0) is 12.2. The summed E-state index contributed by atoms with van der Waals surface area (Å²) in [6.45, 7) is 8.17. The summed E-state index contributed by atoms with van der Waals surface area (Å²) < 4.78 is 10.5. The Morgan fingerprint density at radius 2 is 2.19 bits per heavy atom. The van der Waals surface area contributed by atoms with Crippen molar-refractivity contribution in [2.24, 2.45) is 5.41 Å². The monoisotopic (exact) mass is 230 g/mol. The third-order valence-corrected chi connectivity index (χ3v) is 2.51. The summed E-state index contributed by atoms with van der Waals surface area (Å²) in [4.78, 5) is 13.6. The maximum absolute atomic E-state index is 11.5. The number of carbonyl (C=O) groups is 1. The zero-order valence-corrected chi connectivity index (χ0v) is 10.6. The van der Waals surface area contributed by atoms with Crippen LogP contribution in [0.2, 0.25) is 0 Å². The van der Waals surface area contributed by atoms with E-state index in [9.17, 15) is 4.79 Å². The number of nitrogens with one attached hydrogen (secondary N) is 1. The van der Waals surface area contributed by atoms with Gasteiger partial charge in [-0.1, -0.05) is 0 Å². The number of rotatable bonds is 3. The van der Waals surface area contributed by atoms with E-state index < -0.39 is 5.41 Å². The van der Waals surface area contributed by atoms with Gasteiger partial charge in [-0.05, 0) is 27.8 Å². The molecular weight excluding hydrogens is 208 g/mol. The third kappa shape index (κ3) is 4.08. The van der Waals surface area contributed by atoms with Crippen molar-refractivity contribution in [2.75, 3.05) is 33.5 Å². The Kier molecular flexibility index (Phi) is 4.70. The average Bonchev–Trinajstić information content (AvgIpc) is 2.19. The van der Waals surface area contributed by atoms with Crippen LogP contribution in [0.25, 0.3) is 0 Å². The molecule has 0 radical (unpaired) electrons. The Bertz CT molecular complexity index is 238. The van der Waals surface area contributed by atoms with Crippen LogP contribution in [0.1, 0.15) is 20.8 Å². The largest absolute Gasteiger partial charge is 0.438 e. The van der Waals surface area contributed by atoms with Crippen molar-refractivity contribution >= 4 is 5.97 Å². The van der Waals surface area contributed by atoms with Crippen LogP contribution in [-0.4, -0.2) is 50.6 Å². The Balaban J connectivity index is 2.22. The average molecular weight is 230 g/mol. The number of carbonyl (C=O) groups excluding carboxylic acids is 1. The first kappa shape index (κ1) is 13.4. The van der Waals surface area contributed by atoms with E-state index in [0.29, 0.717) is 0 Å². The molecule has 0 saturated carbocycles. The molecule has 0 aromatic rings. The molecule has 94 valence electrons. The molecule has 0 spiro atoms. The van der Waals surface area contributed by atoms with E-state index in [4.69, 9.17) is 9.47 Å². The van der Waals surface area contributed by atoms with Crippen molar-refractivity contribution in [2.45, 2.75) is 27.0 Å². The van der Waals surface area contributed by atoms with Gasteiger partial charge < -0.3 is 14.8 Å². The van der Waals surface area contributed by atoms with Gasteiger partial charge in [-0.2, -0.15) is 0 Å². The van der Waals surface area contributed by atoms with E-state index in [2.05, 4.69) is 10.2 Å². The van der Waals surface area contributed by atoms with Crippen molar-refractivity contribution in [1.29, 1.82) is 0 Å². The predicted octanol–water partition coefficient (Wildman–Crippen LogP) is 0.411. The summed E-state index contributed by atoms with van der Waals surface area (Å²) in [5.74, 6) is -0.237. The van der Waals surface area contributed by atoms with Gasteiger partial charge in [0.2, 0.25) is 0 Å². The minimum Gasteiger partial charge on any atom is -0.438 e. The molecule has 1 unspecified atom stereocenters. The first-order valence-electron chi connectivity index (χ1n) is 5.61. The van der Waals surface area contributed by atoms with Gasteiger partial charge in [0.15, 0.2) is 6.79 Å². The minimum atomic E-state index is -0.472. The molecule has 1 heterocycles. The molecule has 1 saturated heterocycles. The highest BCUT2D eigenvalue weighted by Gasteiger charge is 2.24. The van der Waals surface area contributed by atoms with Crippen LogP contribution >= 0.6 is 0 Å². The summed E-state index contributed by atoms with van der Waals surface area (Å²) in [7, 11) is 2.00. The summed E-state index contributed by atoms with van der Waals surface area (Å²) in [5, 5.41) is 3.23. The molecule has 0 aromatic carbocycles. The van der Waals surface area contributed by atoms with E-state index in [1.807, 2.05) is 27.8 Å². The number of hydrogen-bond acceptors (Lipinski definition) is 5. The fourth-order valence-corrected chi connectivity index (χ4v) is 1.35. The fourth-order valence-electron chi connectivity index (χ4n) is 1.35. The van der Waals surface area contributed by atoms with Gasteiger partial charge in [-0.3, -0.25) is 9.69 Å². The minimum absolute atomic E-state index is 0.0125. The topological polar surface area (TPSA) is 50.8 Å². The second-order valence-corrected chi connectivity index (χ2v) is 5.11. The number of ether oxygens (including phenoxy) is 2. The molecule has 1 fully saturated rings. The smallest absolute Gasteiger partial charge is 0.313 e. The normalized spacial score (nSPS) is 23.1. The number of nitrogens with zero attached hydrogens (tertiary/aromatic N) is 1. The van der Waals surface area contributed by atoms with Crippen LogP contribution in [0.5, 0.6) is 0 Å². The van der Waals surface area contributed by atoms with Gasteiger partial charge in [0.05, 0.1) is 5.41 Å². The van der Waals surface area contributed by atoms with E-state index >= 15 is 0 Å². The lowest BCUT2D eigenvalue weighted by molar-refractivity contribution is -0.180. The first-order chi connectivity index (χ1) is 7.41. The zero-order valence-electron chi connectivity index (χ0n) is 10.6. The maximum atomic E-state index is 11.5. The third-order valence-electron chi connectivity index (χ3n) is 2.51. The van der Waals surface area contributed by atoms with Crippen LogP contribution < -0.4 is 5.32 Å². The van der Waals surface area contributed by atoms with E-state index in [1.54, 1.807) is 0 Å². The highest BCUT2D eigenvalue weighted by Crippen LogP contribution is 2.15. The quantitative estimate of drug-likeness (QED) is 0.562. The van der Waals surface area contributed by atoms with Gasteiger partial charge in [-0.15, -0.1) is 0 Å². The highest BCUT2D eigenvalue weighted by molar-refractivity contribution is 5.75. The molecule has 5 nitrogen and oxygen atoms in total. The molecule has 16 heavy (non-hydrogen) atoms. The number of hydrogen-bond donors (Lipinski definition) is 1. The molecular formula is C11H22N2O3. The van der Waals surface area contributed by atoms with Gasteiger partial charge in [0.1, 0.15) is 6.23 Å². The van der Waals surface area contributed by atoms with E-state index in [-0.39, 0.29) is 19.0 Å². The Morgan fingerprint density at radius 1 is 1.50 bits per heavy atom. The Labute approximate surface area is 97.1 Å². The number of esters is 1. The molecule has 1 aliphatic rings. The van der Waals surface area contributed by atoms with E-state index in [0.717, 1.165) is 19.6 Å². The van der Waals surface area contributed by atoms with Gasteiger partial charge in [-0.25, -0.2) is 0 Å². The lowest BCUT2D eigenvalue weighted by Crippen LogP contribution is -2.50.